The van der Waals surface area contributed by atoms with Crippen LogP contribution in [0.2, 0.25) is 0 Å². The van der Waals surface area contributed by atoms with E-state index in [1.807, 2.05) is 17.4 Å². The first-order chi connectivity index (χ1) is 7.75. The van der Waals surface area contributed by atoms with Crippen molar-refractivity contribution in [3.63, 3.8) is 0 Å². The van der Waals surface area contributed by atoms with Crippen molar-refractivity contribution in [2.75, 3.05) is 13.1 Å². The molecular formula is C11H18N4O. The molecule has 0 saturated carbocycles. The quantitative estimate of drug-likeness (QED) is 0.725. The van der Waals surface area contributed by atoms with Crippen LogP contribution in [0.15, 0.2) is 18.7 Å². The highest BCUT2D eigenvalue weighted by Gasteiger charge is 2.25. The number of hydrogen-bond acceptors (Lipinski definition) is 3. The van der Waals surface area contributed by atoms with Gasteiger partial charge in [0, 0.05) is 44.5 Å². The van der Waals surface area contributed by atoms with Crippen LogP contribution < -0.4 is 5.73 Å². The van der Waals surface area contributed by atoms with Crippen LogP contribution in [0, 0.1) is 0 Å². The molecule has 1 unspecified atom stereocenters. The molecule has 1 aromatic heterocycles. The van der Waals surface area contributed by atoms with Crippen molar-refractivity contribution < 1.29 is 4.79 Å². The molecule has 0 spiro atoms. The van der Waals surface area contributed by atoms with Crippen LogP contribution in [0.1, 0.15) is 19.3 Å². The number of rotatable bonds is 5. The van der Waals surface area contributed by atoms with Crippen molar-refractivity contribution in [1.29, 1.82) is 0 Å². The summed E-state index contributed by atoms with van der Waals surface area (Å²) >= 11 is 0. The van der Waals surface area contributed by atoms with E-state index >= 15 is 0 Å². The van der Waals surface area contributed by atoms with Crippen LogP contribution in [0.4, 0.5) is 0 Å². The number of hydrogen-bond donors (Lipinski definition) is 1. The molecule has 0 radical (unpaired) electrons. The van der Waals surface area contributed by atoms with Gasteiger partial charge in [0.25, 0.3) is 0 Å². The summed E-state index contributed by atoms with van der Waals surface area (Å²) in [5.74, 6) is 0.204. The minimum Gasteiger partial charge on any atom is -0.341 e. The van der Waals surface area contributed by atoms with E-state index in [9.17, 15) is 4.79 Å². The van der Waals surface area contributed by atoms with Crippen molar-refractivity contribution >= 4 is 5.91 Å². The number of aryl methyl sites for hydroxylation is 1. The van der Waals surface area contributed by atoms with Gasteiger partial charge < -0.3 is 15.2 Å². The highest BCUT2D eigenvalue weighted by atomic mass is 16.2. The third kappa shape index (κ3) is 2.82. The lowest BCUT2D eigenvalue weighted by atomic mass is 10.3. The average Bonchev–Trinajstić information content (AvgIpc) is 2.84. The zero-order chi connectivity index (χ0) is 11.4. The van der Waals surface area contributed by atoms with Crippen LogP contribution in [0.25, 0.3) is 0 Å². The Bertz CT molecular complexity index is 336. The lowest BCUT2D eigenvalue weighted by Gasteiger charge is -2.15. The first kappa shape index (κ1) is 11.1. The first-order valence-electron chi connectivity index (χ1n) is 5.75. The fraction of sp³-hybridized carbons (Fsp3) is 0.636. The van der Waals surface area contributed by atoms with Gasteiger partial charge in [-0.25, -0.2) is 4.98 Å². The molecule has 2 heterocycles. The van der Waals surface area contributed by atoms with Crippen molar-refractivity contribution in [2.24, 2.45) is 5.73 Å². The summed E-state index contributed by atoms with van der Waals surface area (Å²) in [6.45, 7) is 2.53. The Morgan fingerprint density at radius 2 is 2.25 bits per heavy atom. The predicted octanol–water partition coefficient (Wildman–Crippen LogP) is 0.223. The molecule has 1 amide bonds. The normalized spacial score (nSPS) is 20.7. The Labute approximate surface area is 95.2 Å². The van der Waals surface area contributed by atoms with Crippen molar-refractivity contribution in [3.8, 4) is 0 Å². The topological polar surface area (TPSA) is 64.2 Å². The molecule has 1 saturated heterocycles. The third-order valence-corrected chi connectivity index (χ3v) is 2.90. The third-order valence-electron chi connectivity index (χ3n) is 2.90. The van der Waals surface area contributed by atoms with Gasteiger partial charge in [0.1, 0.15) is 0 Å². The van der Waals surface area contributed by atoms with Crippen LogP contribution in [-0.2, 0) is 11.3 Å². The summed E-state index contributed by atoms with van der Waals surface area (Å²) in [7, 11) is 0. The average molecular weight is 222 g/mol. The smallest absolute Gasteiger partial charge is 0.224 e. The van der Waals surface area contributed by atoms with Gasteiger partial charge in [0.2, 0.25) is 5.91 Å². The maximum atomic E-state index is 11.4. The van der Waals surface area contributed by atoms with Gasteiger partial charge in [-0.1, -0.05) is 0 Å². The second kappa shape index (κ2) is 5.12. The summed E-state index contributed by atoms with van der Waals surface area (Å²) in [5.41, 5.74) is 5.72. The van der Waals surface area contributed by atoms with E-state index in [-0.39, 0.29) is 11.9 Å². The first-order valence-corrected chi connectivity index (χ1v) is 5.75. The van der Waals surface area contributed by atoms with E-state index in [4.69, 9.17) is 5.73 Å². The van der Waals surface area contributed by atoms with E-state index in [1.165, 1.54) is 0 Å². The predicted molar refractivity (Wildman–Crippen MR) is 60.6 cm³/mol. The molecule has 1 atom stereocenters. The molecule has 1 fully saturated rings. The molecule has 16 heavy (non-hydrogen) atoms. The zero-order valence-corrected chi connectivity index (χ0v) is 9.38. The number of nitrogens with two attached hydrogens (primary N) is 1. The van der Waals surface area contributed by atoms with E-state index < -0.39 is 0 Å². The number of imidazole rings is 1. The van der Waals surface area contributed by atoms with Gasteiger partial charge in [0.05, 0.1) is 6.33 Å². The zero-order valence-electron chi connectivity index (χ0n) is 9.38. The number of likely N-dealkylation sites (tertiary alicyclic amines) is 1. The Morgan fingerprint density at radius 1 is 1.44 bits per heavy atom. The van der Waals surface area contributed by atoms with Gasteiger partial charge in [-0.3, -0.25) is 4.79 Å². The molecule has 1 aliphatic rings. The lowest BCUT2D eigenvalue weighted by molar-refractivity contribution is -0.127. The van der Waals surface area contributed by atoms with Gasteiger partial charge in [0.15, 0.2) is 0 Å². The summed E-state index contributed by atoms with van der Waals surface area (Å²) in [4.78, 5) is 17.3. The van der Waals surface area contributed by atoms with E-state index in [0.29, 0.717) is 6.42 Å². The SMILES string of the molecule is NC1CC(=O)N(CCCCn2ccnc2)C1. The second-order valence-corrected chi connectivity index (χ2v) is 4.31. The largest absolute Gasteiger partial charge is 0.341 e. The number of aromatic nitrogens is 2. The van der Waals surface area contributed by atoms with E-state index in [1.54, 1.807) is 6.20 Å². The molecule has 0 bridgehead atoms. The summed E-state index contributed by atoms with van der Waals surface area (Å²) in [5, 5.41) is 0. The molecular weight excluding hydrogens is 204 g/mol. The van der Waals surface area contributed by atoms with Crippen molar-refractivity contribution in [1.82, 2.24) is 14.5 Å². The number of unbranched alkanes of at least 4 members (excludes halogenated alkanes) is 1. The number of carbonyl (C=O) groups excluding carboxylic acids is 1. The van der Waals surface area contributed by atoms with Crippen LogP contribution in [0.5, 0.6) is 0 Å². The van der Waals surface area contributed by atoms with Gasteiger partial charge in [-0.15, -0.1) is 0 Å². The Morgan fingerprint density at radius 3 is 2.88 bits per heavy atom. The molecule has 1 aliphatic heterocycles. The highest BCUT2D eigenvalue weighted by Crippen LogP contribution is 2.10. The monoisotopic (exact) mass is 222 g/mol. The van der Waals surface area contributed by atoms with Crippen molar-refractivity contribution in [3.05, 3.63) is 18.7 Å². The summed E-state index contributed by atoms with van der Waals surface area (Å²) < 4.78 is 2.05. The van der Waals surface area contributed by atoms with Gasteiger partial charge in [-0.05, 0) is 12.8 Å². The second-order valence-electron chi connectivity index (χ2n) is 4.31. The maximum Gasteiger partial charge on any atom is 0.224 e. The standard InChI is InChI=1S/C11H18N4O/c12-10-7-11(16)15(8-10)5-2-1-4-14-6-3-13-9-14/h3,6,9-10H,1-2,4-5,7-8,12H2. The van der Waals surface area contributed by atoms with Crippen LogP contribution in [0.3, 0.4) is 0 Å². The number of amides is 1. The maximum absolute atomic E-state index is 11.4. The lowest BCUT2D eigenvalue weighted by Crippen LogP contribution is -2.29. The Balaban J connectivity index is 1.63. The molecule has 1 aromatic rings. The highest BCUT2D eigenvalue weighted by molar-refractivity contribution is 5.79. The van der Waals surface area contributed by atoms with Crippen LogP contribution in [-0.4, -0.2) is 39.5 Å². The Hall–Kier alpha value is -1.36. The Kier molecular flexibility index (Phi) is 3.56. The summed E-state index contributed by atoms with van der Waals surface area (Å²) in [6.07, 6.45) is 8.16. The molecule has 0 aromatic carbocycles. The van der Waals surface area contributed by atoms with Gasteiger partial charge in [-0.2, -0.15) is 0 Å². The molecule has 5 nitrogen and oxygen atoms in total. The minimum atomic E-state index is 0.0427. The number of nitrogens with zero attached hydrogens (tertiary/aromatic N) is 3. The molecule has 2 N–H and O–H groups in total. The molecule has 88 valence electrons. The van der Waals surface area contributed by atoms with Gasteiger partial charge >= 0.3 is 0 Å². The van der Waals surface area contributed by atoms with Crippen molar-refractivity contribution in [2.45, 2.75) is 31.8 Å². The van der Waals surface area contributed by atoms with Crippen LogP contribution >= 0.6 is 0 Å². The number of carbonyl (C=O) groups is 1. The fourth-order valence-electron chi connectivity index (χ4n) is 2.03. The molecule has 2 rings (SSSR count). The summed E-state index contributed by atoms with van der Waals surface area (Å²) in [6, 6.07) is 0.0427. The molecule has 0 aliphatic carbocycles. The molecule has 5 heteroatoms. The van der Waals surface area contributed by atoms with E-state index in [0.717, 1.165) is 32.5 Å². The fourth-order valence-corrected chi connectivity index (χ4v) is 2.03. The van der Waals surface area contributed by atoms with E-state index in [2.05, 4.69) is 9.55 Å². The minimum absolute atomic E-state index is 0.0427.